The summed E-state index contributed by atoms with van der Waals surface area (Å²) < 4.78 is 66.1. The van der Waals surface area contributed by atoms with Crippen molar-refractivity contribution in [2.24, 2.45) is 0 Å². The van der Waals surface area contributed by atoms with E-state index in [1.165, 1.54) is 27.7 Å². The SMILES string of the molecule is CC(C)P(=O)(c1c(F)c(F)nc(F)c1F)C(C)C. The Morgan fingerprint density at radius 2 is 1.22 bits per heavy atom. The van der Waals surface area contributed by atoms with Gasteiger partial charge in [-0.2, -0.15) is 13.8 Å². The quantitative estimate of drug-likeness (QED) is 0.483. The molecule has 0 bridgehead atoms. The smallest absolute Gasteiger partial charge is 0.252 e. The second-order valence-electron chi connectivity index (χ2n) is 4.57. The lowest BCUT2D eigenvalue weighted by atomic mass is 10.4. The van der Waals surface area contributed by atoms with Gasteiger partial charge in [0.05, 0.1) is 5.30 Å². The summed E-state index contributed by atoms with van der Waals surface area (Å²) in [5.74, 6) is -6.88. The Morgan fingerprint density at radius 1 is 0.889 bits per heavy atom. The third-order valence-electron chi connectivity index (χ3n) is 2.86. The van der Waals surface area contributed by atoms with Crippen LogP contribution in [0.2, 0.25) is 0 Å². The summed E-state index contributed by atoms with van der Waals surface area (Å²) in [6.45, 7) is 5.98. The van der Waals surface area contributed by atoms with Crippen molar-refractivity contribution in [3.63, 3.8) is 0 Å². The zero-order valence-electron chi connectivity index (χ0n) is 10.5. The van der Waals surface area contributed by atoms with Gasteiger partial charge in [-0.25, -0.2) is 8.78 Å². The number of pyridine rings is 1. The van der Waals surface area contributed by atoms with Crippen LogP contribution >= 0.6 is 7.14 Å². The number of rotatable bonds is 3. The van der Waals surface area contributed by atoms with Gasteiger partial charge in [-0.15, -0.1) is 0 Å². The Balaban J connectivity index is 3.73. The number of hydrogen-bond acceptors (Lipinski definition) is 2. The van der Waals surface area contributed by atoms with Crippen LogP contribution < -0.4 is 5.30 Å². The van der Waals surface area contributed by atoms with Gasteiger partial charge in [0.2, 0.25) is 0 Å². The highest BCUT2D eigenvalue weighted by atomic mass is 31.2. The van der Waals surface area contributed by atoms with Gasteiger partial charge in [-0.05, 0) is 0 Å². The predicted molar refractivity (Wildman–Crippen MR) is 61.6 cm³/mol. The molecule has 0 unspecified atom stereocenters. The van der Waals surface area contributed by atoms with Crippen molar-refractivity contribution in [3.8, 4) is 0 Å². The summed E-state index contributed by atoms with van der Waals surface area (Å²) in [5.41, 5.74) is -1.27. The summed E-state index contributed by atoms with van der Waals surface area (Å²) in [7, 11) is -3.61. The van der Waals surface area contributed by atoms with E-state index in [1.807, 2.05) is 0 Å². The normalized spacial score (nSPS) is 12.6. The number of halogens is 4. The molecule has 0 aliphatic rings. The molecule has 1 heterocycles. The fraction of sp³-hybridized carbons (Fsp3) is 0.545. The van der Waals surface area contributed by atoms with Crippen LogP contribution in [0, 0.1) is 23.5 Å². The van der Waals surface area contributed by atoms with Crippen LogP contribution in [0.15, 0.2) is 0 Å². The minimum Gasteiger partial charge on any atom is -0.318 e. The maximum Gasteiger partial charge on any atom is 0.252 e. The molecule has 1 aromatic heterocycles. The van der Waals surface area contributed by atoms with Gasteiger partial charge in [-0.3, -0.25) is 0 Å². The van der Waals surface area contributed by atoms with Crippen LogP contribution in [0.4, 0.5) is 17.6 Å². The molecule has 0 amide bonds. The van der Waals surface area contributed by atoms with Crippen molar-refractivity contribution < 1.29 is 22.1 Å². The van der Waals surface area contributed by atoms with E-state index < -0.39 is 47.3 Å². The molecular formula is C11H14F4NOP. The zero-order chi connectivity index (χ0) is 14.2. The summed E-state index contributed by atoms with van der Waals surface area (Å²) in [5, 5.41) is -1.00. The standard InChI is InChI=1S/C11H14F4NOP/c1-5(2)18(17,6(3)4)9-7(12)10(14)16-11(15)8(9)13/h5-6H,1-4H3. The minimum atomic E-state index is -3.61. The third-order valence-corrected chi connectivity index (χ3v) is 7.02. The first-order chi connectivity index (χ1) is 8.13. The first-order valence-electron chi connectivity index (χ1n) is 5.44. The first-order valence-corrected chi connectivity index (χ1v) is 7.28. The molecule has 1 aromatic rings. The van der Waals surface area contributed by atoms with E-state index in [9.17, 15) is 22.1 Å². The van der Waals surface area contributed by atoms with Crippen molar-refractivity contribution in [2.45, 2.75) is 39.0 Å². The van der Waals surface area contributed by atoms with Gasteiger partial charge >= 0.3 is 0 Å². The van der Waals surface area contributed by atoms with Crippen LogP contribution in [0.3, 0.4) is 0 Å². The molecule has 0 spiro atoms. The Hall–Kier alpha value is -0.900. The molecule has 7 heteroatoms. The van der Waals surface area contributed by atoms with Gasteiger partial charge in [0.15, 0.2) is 11.6 Å². The van der Waals surface area contributed by atoms with E-state index >= 15 is 0 Å². The fourth-order valence-electron chi connectivity index (χ4n) is 1.90. The van der Waals surface area contributed by atoms with E-state index in [4.69, 9.17) is 0 Å². The zero-order valence-corrected chi connectivity index (χ0v) is 11.4. The van der Waals surface area contributed by atoms with Gasteiger partial charge < -0.3 is 4.57 Å². The van der Waals surface area contributed by atoms with Crippen molar-refractivity contribution in [1.29, 1.82) is 0 Å². The Bertz CT molecular complexity index is 478. The molecular weight excluding hydrogens is 269 g/mol. The van der Waals surface area contributed by atoms with E-state index in [1.54, 1.807) is 0 Å². The highest BCUT2D eigenvalue weighted by Crippen LogP contribution is 2.54. The highest BCUT2D eigenvalue weighted by molar-refractivity contribution is 7.72. The molecule has 0 aliphatic heterocycles. The minimum absolute atomic E-state index is 0.636. The monoisotopic (exact) mass is 283 g/mol. The van der Waals surface area contributed by atoms with Gasteiger partial charge in [0.1, 0.15) is 7.14 Å². The maximum absolute atomic E-state index is 13.6. The molecule has 18 heavy (non-hydrogen) atoms. The molecule has 0 radical (unpaired) electrons. The van der Waals surface area contributed by atoms with E-state index in [0.717, 1.165) is 0 Å². The molecule has 102 valence electrons. The van der Waals surface area contributed by atoms with Gasteiger partial charge in [0.25, 0.3) is 11.9 Å². The van der Waals surface area contributed by atoms with Crippen LogP contribution in [0.5, 0.6) is 0 Å². The molecule has 0 fully saturated rings. The van der Waals surface area contributed by atoms with Crippen LogP contribution in [-0.4, -0.2) is 16.3 Å². The summed E-state index contributed by atoms with van der Waals surface area (Å²) in [6.07, 6.45) is 0. The number of hydrogen-bond donors (Lipinski definition) is 0. The molecule has 0 aromatic carbocycles. The topological polar surface area (TPSA) is 30.0 Å². The molecule has 0 aliphatic carbocycles. The number of nitrogens with zero attached hydrogens (tertiary/aromatic N) is 1. The van der Waals surface area contributed by atoms with Crippen molar-refractivity contribution >= 4 is 12.4 Å². The second kappa shape index (κ2) is 5.00. The van der Waals surface area contributed by atoms with E-state index in [0.29, 0.717) is 0 Å². The lowest BCUT2D eigenvalue weighted by molar-refractivity contribution is 0.413. The molecule has 1 rings (SSSR count). The van der Waals surface area contributed by atoms with Crippen molar-refractivity contribution in [2.75, 3.05) is 0 Å². The summed E-state index contributed by atoms with van der Waals surface area (Å²) in [4.78, 5) is 2.46. The largest absolute Gasteiger partial charge is 0.318 e. The molecule has 0 saturated carbocycles. The van der Waals surface area contributed by atoms with Crippen molar-refractivity contribution in [1.82, 2.24) is 4.98 Å². The Labute approximate surface area is 103 Å². The maximum atomic E-state index is 13.6. The van der Waals surface area contributed by atoms with Crippen LogP contribution in [-0.2, 0) is 4.57 Å². The van der Waals surface area contributed by atoms with Crippen LogP contribution in [0.1, 0.15) is 27.7 Å². The molecule has 2 nitrogen and oxygen atoms in total. The van der Waals surface area contributed by atoms with Crippen molar-refractivity contribution in [3.05, 3.63) is 23.5 Å². The summed E-state index contributed by atoms with van der Waals surface area (Å²) >= 11 is 0. The van der Waals surface area contributed by atoms with E-state index in [2.05, 4.69) is 4.98 Å². The van der Waals surface area contributed by atoms with Crippen LogP contribution in [0.25, 0.3) is 0 Å². The van der Waals surface area contributed by atoms with Gasteiger partial charge in [-0.1, -0.05) is 27.7 Å². The lowest BCUT2D eigenvalue weighted by Crippen LogP contribution is -2.28. The molecule has 0 saturated heterocycles. The molecule has 0 N–H and O–H groups in total. The highest BCUT2D eigenvalue weighted by Gasteiger charge is 2.40. The number of aromatic nitrogens is 1. The summed E-state index contributed by atoms with van der Waals surface area (Å²) in [6, 6.07) is 0. The molecule has 0 atom stereocenters. The second-order valence-corrected chi connectivity index (χ2v) is 8.50. The lowest BCUT2D eigenvalue weighted by Gasteiger charge is -2.27. The average Bonchev–Trinajstić information content (AvgIpc) is 2.25. The Kier molecular flexibility index (Phi) is 4.21. The Morgan fingerprint density at radius 3 is 1.50 bits per heavy atom. The fourth-order valence-corrected chi connectivity index (χ4v) is 4.92. The van der Waals surface area contributed by atoms with Gasteiger partial charge in [0, 0.05) is 11.3 Å². The van der Waals surface area contributed by atoms with E-state index in [-0.39, 0.29) is 0 Å². The first kappa shape index (κ1) is 15.2. The third kappa shape index (κ3) is 2.18. The average molecular weight is 283 g/mol. The predicted octanol–water partition coefficient (Wildman–Crippen LogP) is 3.44.